The number of imidazole rings is 1. The minimum absolute atomic E-state index is 0.300. The van der Waals surface area contributed by atoms with E-state index < -0.39 is 29.0 Å². The number of benzene rings is 1. The molecule has 0 aliphatic heterocycles. The highest BCUT2D eigenvalue weighted by atomic mass is 19.1. The van der Waals surface area contributed by atoms with E-state index in [0.717, 1.165) is 10.6 Å². The second-order valence-corrected chi connectivity index (χ2v) is 5.69. The molecule has 8 nitrogen and oxygen atoms in total. The number of rotatable bonds is 5. The summed E-state index contributed by atoms with van der Waals surface area (Å²) < 4.78 is 16.4. The van der Waals surface area contributed by atoms with Crippen LogP contribution in [-0.4, -0.2) is 25.0 Å². The third-order valence-electron chi connectivity index (χ3n) is 3.81. The predicted octanol–water partition coefficient (Wildman–Crippen LogP) is 0.315. The Morgan fingerprint density at radius 2 is 2.12 bits per heavy atom. The molecule has 0 saturated carbocycles. The zero-order valence-electron chi connectivity index (χ0n) is 13.8. The Labute approximate surface area is 146 Å². The summed E-state index contributed by atoms with van der Waals surface area (Å²) in [7, 11) is 1.76. The smallest absolute Gasteiger partial charge is 0.328 e. The molecule has 1 unspecified atom stereocenters. The van der Waals surface area contributed by atoms with Crippen LogP contribution in [0.3, 0.4) is 0 Å². The van der Waals surface area contributed by atoms with E-state index in [-0.39, 0.29) is 6.54 Å². The van der Waals surface area contributed by atoms with Crippen molar-refractivity contribution in [2.45, 2.75) is 12.6 Å². The highest BCUT2D eigenvalue weighted by molar-refractivity contribution is 5.76. The van der Waals surface area contributed by atoms with Gasteiger partial charge in [0.2, 0.25) is 5.91 Å². The number of carbonyl (C=O) groups is 1. The summed E-state index contributed by atoms with van der Waals surface area (Å²) in [5.74, 6) is -0.415. The normalized spacial score (nSPS) is 11.9. The van der Waals surface area contributed by atoms with Crippen LogP contribution in [0.2, 0.25) is 0 Å². The molecule has 0 saturated heterocycles. The Hall–Kier alpha value is -3.49. The molecule has 0 spiro atoms. The van der Waals surface area contributed by atoms with E-state index in [2.05, 4.69) is 15.3 Å². The fraction of sp³-hybridized carbons (Fsp3) is 0.176. The van der Waals surface area contributed by atoms with Crippen molar-refractivity contribution in [2.24, 2.45) is 7.05 Å². The van der Waals surface area contributed by atoms with E-state index in [4.69, 9.17) is 0 Å². The third-order valence-corrected chi connectivity index (χ3v) is 3.81. The number of hydrogen-bond acceptors (Lipinski definition) is 4. The van der Waals surface area contributed by atoms with E-state index in [1.165, 1.54) is 18.3 Å². The molecule has 9 heteroatoms. The Balaban J connectivity index is 1.88. The number of hydrogen-bond donors (Lipinski definition) is 2. The number of halogens is 1. The topological polar surface area (TPSA) is 102 Å². The molecule has 1 amide bonds. The number of H-pyrrole nitrogens is 1. The van der Waals surface area contributed by atoms with Gasteiger partial charge in [0.05, 0.1) is 0 Å². The SMILES string of the molecule is Cn1ccnc1C(NC(=O)Cn1ccc(=O)[nH]c1=O)c1cccc(F)c1. The van der Waals surface area contributed by atoms with Gasteiger partial charge in [0.25, 0.3) is 5.56 Å². The molecule has 2 heterocycles. The molecular formula is C17H16FN5O3. The van der Waals surface area contributed by atoms with Crippen LogP contribution in [0, 0.1) is 5.82 Å². The Bertz CT molecular complexity index is 1050. The summed E-state index contributed by atoms with van der Waals surface area (Å²) in [5.41, 5.74) is -0.717. The van der Waals surface area contributed by atoms with E-state index >= 15 is 0 Å². The molecule has 3 aromatic rings. The monoisotopic (exact) mass is 357 g/mol. The summed E-state index contributed by atoms with van der Waals surface area (Å²) in [6, 6.07) is 6.29. The van der Waals surface area contributed by atoms with Gasteiger partial charge in [-0.2, -0.15) is 0 Å². The largest absolute Gasteiger partial charge is 0.341 e. The fourth-order valence-electron chi connectivity index (χ4n) is 2.57. The van der Waals surface area contributed by atoms with Gasteiger partial charge in [0, 0.05) is 31.7 Å². The number of carbonyl (C=O) groups excluding carboxylic acids is 1. The van der Waals surface area contributed by atoms with Gasteiger partial charge in [0.1, 0.15) is 24.2 Å². The Morgan fingerprint density at radius 1 is 1.31 bits per heavy atom. The van der Waals surface area contributed by atoms with Crippen molar-refractivity contribution in [3.63, 3.8) is 0 Å². The molecule has 0 aliphatic carbocycles. The van der Waals surface area contributed by atoms with Crippen molar-refractivity contribution in [3.8, 4) is 0 Å². The summed E-state index contributed by atoms with van der Waals surface area (Å²) in [4.78, 5) is 41.6. The van der Waals surface area contributed by atoms with Crippen LogP contribution >= 0.6 is 0 Å². The highest BCUT2D eigenvalue weighted by Gasteiger charge is 2.21. The van der Waals surface area contributed by atoms with Gasteiger partial charge in [-0.25, -0.2) is 14.2 Å². The van der Waals surface area contributed by atoms with Gasteiger partial charge in [0.15, 0.2) is 0 Å². The lowest BCUT2D eigenvalue weighted by atomic mass is 10.1. The first kappa shape index (κ1) is 17.3. The van der Waals surface area contributed by atoms with Crippen molar-refractivity contribution >= 4 is 5.91 Å². The third kappa shape index (κ3) is 3.77. The van der Waals surface area contributed by atoms with E-state index in [9.17, 15) is 18.8 Å². The fourth-order valence-corrected chi connectivity index (χ4v) is 2.57. The predicted molar refractivity (Wildman–Crippen MR) is 90.9 cm³/mol. The first-order chi connectivity index (χ1) is 12.4. The van der Waals surface area contributed by atoms with Crippen LogP contribution < -0.4 is 16.6 Å². The van der Waals surface area contributed by atoms with Crippen molar-refractivity contribution < 1.29 is 9.18 Å². The lowest BCUT2D eigenvalue weighted by molar-refractivity contribution is -0.122. The average Bonchev–Trinajstić information content (AvgIpc) is 3.01. The quantitative estimate of drug-likeness (QED) is 0.686. The van der Waals surface area contributed by atoms with Gasteiger partial charge in [-0.1, -0.05) is 12.1 Å². The van der Waals surface area contributed by atoms with E-state index in [1.54, 1.807) is 36.1 Å². The van der Waals surface area contributed by atoms with Gasteiger partial charge in [-0.05, 0) is 17.7 Å². The molecular weight excluding hydrogens is 341 g/mol. The van der Waals surface area contributed by atoms with Crippen molar-refractivity contribution in [2.75, 3.05) is 0 Å². The van der Waals surface area contributed by atoms with Crippen LogP contribution in [0.5, 0.6) is 0 Å². The van der Waals surface area contributed by atoms with Crippen molar-refractivity contribution in [3.05, 3.63) is 87.0 Å². The maximum Gasteiger partial charge on any atom is 0.328 e. The van der Waals surface area contributed by atoms with Crippen molar-refractivity contribution in [1.29, 1.82) is 0 Å². The second-order valence-electron chi connectivity index (χ2n) is 5.69. The molecule has 0 radical (unpaired) electrons. The number of amides is 1. The molecule has 26 heavy (non-hydrogen) atoms. The number of aromatic amines is 1. The van der Waals surface area contributed by atoms with Crippen LogP contribution in [0.4, 0.5) is 4.39 Å². The summed E-state index contributed by atoms with van der Waals surface area (Å²) in [5, 5.41) is 2.75. The lowest BCUT2D eigenvalue weighted by Gasteiger charge is -2.19. The van der Waals surface area contributed by atoms with Gasteiger partial charge in [-0.3, -0.25) is 19.1 Å². The summed E-state index contributed by atoms with van der Waals surface area (Å²) in [6.07, 6.45) is 4.51. The number of aromatic nitrogens is 4. The minimum Gasteiger partial charge on any atom is -0.341 e. The molecule has 2 N–H and O–H groups in total. The van der Waals surface area contributed by atoms with E-state index in [1.807, 2.05) is 0 Å². The minimum atomic E-state index is -0.698. The van der Waals surface area contributed by atoms with Gasteiger partial charge >= 0.3 is 5.69 Å². The number of nitrogens with zero attached hydrogens (tertiary/aromatic N) is 3. The number of aryl methyl sites for hydroxylation is 1. The van der Waals surface area contributed by atoms with E-state index in [0.29, 0.717) is 11.4 Å². The Kier molecular flexibility index (Phi) is 4.78. The van der Waals surface area contributed by atoms with Gasteiger partial charge < -0.3 is 9.88 Å². The highest BCUT2D eigenvalue weighted by Crippen LogP contribution is 2.21. The summed E-state index contributed by atoms with van der Waals surface area (Å²) >= 11 is 0. The summed E-state index contributed by atoms with van der Waals surface area (Å²) in [6.45, 7) is -0.300. The molecule has 1 aromatic carbocycles. The van der Waals surface area contributed by atoms with Gasteiger partial charge in [-0.15, -0.1) is 0 Å². The number of nitrogens with one attached hydrogen (secondary N) is 2. The molecule has 134 valence electrons. The molecule has 0 fully saturated rings. The van der Waals surface area contributed by atoms with Crippen LogP contribution in [0.15, 0.2) is 58.5 Å². The molecule has 2 aromatic heterocycles. The van der Waals surface area contributed by atoms with Crippen LogP contribution in [0.1, 0.15) is 17.4 Å². The first-order valence-corrected chi connectivity index (χ1v) is 7.76. The molecule has 0 aliphatic rings. The first-order valence-electron chi connectivity index (χ1n) is 7.76. The zero-order valence-corrected chi connectivity index (χ0v) is 13.8. The molecule has 0 bridgehead atoms. The molecule has 1 atom stereocenters. The van der Waals surface area contributed by atoms with Crippen LogP contribution in [0.25, 0.3) is 0 Å². The lowest BCUT2D eigenvalue weighted by Crippen LogP contribution is -2.37. The zero-order chi connectivity index (χ0) is 18.7. The average molecular weight is 357 g/mol. The second kappa shape index (κ2) is 7.18. The maximum atomic E-state index is 13.6. The standard InChI is InChI=1S/C17H16FN5O3/c1-22-8-6-19-16(22)15(11-3-2-4-12(18)9-11)20-14(25)10-23-7-5-13(24)21-17(23)26/h2-9,15H,10H2,1H3,(H,20,25)(H,21,24,26). The maximum absolute atomic E-state index is 13.6. The van der Waals surface area contributed by atoms with Crippen molar-refractivity contribution in [1.82, 2.24) is 24.4 Å². The molecule has 3 rings (SSSR count). The van der Waals surface area contributed by atoms with Crippen LogP contribution in [-0.2, 0) is 18.4 Å². The Morgan fingerprint density at radius 3 is 2.77 bits per heavy atom.